The van der Waals surface area contributed by atoms with Crippen LogP contribution >= 0.6 is 0 Å². The summed E-state index contributed by atoms with van der Waals surface area (Å²) in [5, 5.41) is 0. The van der Waals surface area contributed by atoms with Gasteiger partial charge >= 0.3 is 6.09 Å². The van der Waals surface area contributed by atoms with Crippen LogP contribution in [0.3, 0.4) is 0 Å². The van der Waals surface area contributed by atoms with Crippen molar-refractivity contribution in [2.24, 2.45) is 5.92 Å². The molecule has 1 saturated heterocycles. The van der Waals surface area contributed by atoms with E-state index in [-0.39, 0.29) is 24.4 Å². The first kappa shape index (κ1) is 15.4. The van der Waals surface area contributed by atoms with E-state index in [0.717, 1.165) is 29.8 Å². The van der Waals surface area contributed by atoms with Crippen LogP contribution in [-0.4, -0.2) is 36.1 Å². The zero-order chi connectivity index (χ0) is 17.8. The second kappa shape index (κ2) is 5.59. The van der Waals surface area contributed by atoms with E-state index in [1.807, 2.05) is 23.1 Å². The van der Waals surface area contributed by atoms with E-state index in [4.69, 9.17) is 4.74 Å². The first-order valence-electron chi connectivity index (χ1n) is 9.15. The van der Waals surface area contributed by atoms with Gasteiger partial charge in [-0.05, 0) is 42.5 Å². The summed E-state index contributed by atoms with van der Waals surface area (Å²) < 4.78 is 5.23. The van der Waals surface area contributed by atoms with Gasteiger partial charge in [0.1, 0.15) is 6.54 Å². The van der Waals surface area contributed by atoms with Crippen LogP contribution in [0.4, 0.5) is 10.5 Å². The number of hydrogen-bond acceptors (Lipinski definition) is 3. The maximum atomic E-state index is 13.1. The van der Waals surface area contributed by atoms with Crippen molar-refractivity contribution in [2.75, 3.05) is 18.1 Å². The molecule has 4 aliphatic rings. The zero-order valence-electron chi connectivity index (χ0n) is 14.6. The molecule has 0 aromatic heterocycles. The summed E-state index contributed by atoms with van der Waals surface area (Å²) in [7, 11) is 0. The van der Waals surface area contributed by atoms with E-state index in [1.165, 1.54) is 11.1 Å². The molecule has 5 nitrogen and oxygen atoms in total. The Morgan fingerprint density at radius 1 is 1.31 bits per heavy atom. The number of carbonyl (C=O) groups is 2. The largest absolute Gasteiger partial charge is 0.450 e. The lowest BCUT2D eigenvalue weighted by Gasteiger charge is -2.40. The number of carbonyl (C=O) groups excluding carboxylic acids is 2. The number of allylic oxidation sites excluding steroid dienone is 5. The predicted octanol–water partition coefficient (Wildman–Crippen LogP) is 3.19. The Bertz CT molecular complexity index is 912. The average molecular weight is 348 g/mol. The van der Waals surface area contributed by atoms with Crippen LogP contribution in [0.5, 0.6) is 0 Å². The Kier molecular flexibility index (Phi) is 3.32. The number of amides is 2. The molecule has 2 heterocycles. The van der Waals surface area contributed by atoms with Gasteiger partial charge in [0.25, 0.3) is 5.91 Å². The number of benzene rings is 1. The van der Waals surface area contributed by atoms with Gasteiger partial charge in [0.2, 0.25) is 0 Å². The minimum Gasteiger partial charge on any atom is -0.450 e. The summed E-state index contributed by atoms with van der Waals surface area (Å²) in [4.78, 5) is 29.1. The monoisotopic (exact) mass is 348 g/mol. The lowest BCUT2D eigenvalue weighted by atomic mass is 9.87. The Labute approximate surface area is 152 Å². The molecule has 1 fully saturated rings. The Balaban J connectivity index is 1.71. The summed E-state index contributed by atoms with van der Waals surface area (Å²) in [6.07, 6.45) is 7.66. The second-order valence-corrected chi connectivity index (χ2v) is 7.10. The van der Waals surface area contributed by atoms with Crippen LogP contribution in [0.15, 0.2) is 59.3 Å². The van der Waals surface area contributed by atoms with Crippen LogP contribution < -0.4 is 4.90 Å². The van der Waals surface area contributed by atoms with E-state index >= 15 is 0 Å². The summed E-state index contributed by atoms with van der Waals surface area (Å²) >= 11 is 0. The molecule has 1 aromatic rings. The van der Waals surface area contributed by atoms with Crippen LogP contribution in [-0.2, 0) is 16.0 Å². The van der Waals surface area contributed by atoms with Gasteiger partial charge in [-0.1, -0.05) is 36.4 Å². The molecule has 132 valence electrons. The predicted molar refractivity (Wildman–Crippen MR) is 97.5 cm³/mol. The molecule has 5 rings (SSSR count). The second-order valence-electron chi connectivity index (χ2n) is 7.10. The molecule has 0 spiro atoms. The number of fused-ring (bicyclic) bond motifs is 2. The quantitative estimate of drug-likeness (QED) is 0.783. The van der Waals surface area contributed by atoms with Crippen molar-refractivity contribution in [3.63, 3.8) is 0 Å². The molecular formula is C21H20N2O3. The Morgan fingerprint density at radius 2 is 2.15 bits per heavy atom. The molecule has 1 aromatic carbocycles. The average Bonchev–Trinajstić information content (AvgIpc) is 2.94. The zero-order valence-corrected chi connectivity index (χ0v) is 14.6. The van der Waals surface area contributed by atoms with E-state index in [9.17, 15) is 9.59 Å². The van der Waals surface area contributed by atoms with Crippen LogP contribution in [0.1, 0.15) is 18.9 Å². The molecule has 0 bridgehead atoms. The van der Waals surface area contributed by atoms with Crippen molar-refractivity contribution in [3.8, 4) is 0 Å². The van der Waals surface area contributed by atoms with E-state index < -0.39 is 6.09 Å². The Morgan fingerprint density at radius 3 is 3.00 bits per heavy atom. The van der Waals surface area contributed by atoms with Gasteiger partial charge in [-0.2, -0.15) is 0 Å². The van der Waals surface area contributed by atoms with E-state index in [1.54, 1.807) is 11.8 Å². The van der Waals surface area contributed by atoms with Crippen molar-refractivity contribution >= 4 is 17.7 Å². The smallest absolute Gasteiger partial charge is 0.410 e. The first-order valence-corrected chi connectivity index (χ1v) is 9.15. The number of hydrogen-bond donors (Lipinski definition) is 0. The molecule has 0 radical (unpaired) electrons. The van der Waals surface area contributed by atoms with Crippen molar-refractivity contribution in [1.82, 2.24) is 4.90 Å². The topological polar surface area (TPSA) is 49.9 Å². The molecule has 5 heteroatoms. The highest BCUT2D eigenvalue weighted by Gasteiger charge is 2.49. The lowest BCUT2D eigenvalue weighted by Crippen LogP contribution is -2.56. The summed E-state index contributed by atoms with van der Waals surface area (Å²) in [6, 6.07) is 7.97. The van der Waals surface area contributed by atoms with Crippen LogP contribution in [0, 0.1) is 5.92 Å². The van der Waals surface area contributed by atoms with Gasteiger partial charge in [0.15, 0.2) is 0 Å². The fraction of sp³-hybridized carbons (Fsp3) is 0.333. The third kappa shape index (κ3) is 2.03. The van der Waals surface area contributed by atoms with E-state index in [2.05, 4.69) is 24.3 Å². The lowest BCUT2D eigenvalue weighted by molar-refractivity contribution is -0.120. The maximum Gasteiger partial charge on any atom is 0.410 e. The number of anilines is 1. The number of para-hydroxylation sites is 1. The summed E-state index contributed by atoms with van der Waals surface area (Å²) in [5.74, 6) is 0.176. The standard InChI is InChI=1S/C21H20N2O3/c1-2-26-21(25)22-12-18(24)23-16-9-4-3-6-13(16)10-14-7-5-8-15-11-17(22)20(23)19(14)15/h3-9,15,17H,2,10-12H2,1H3/t15-,17-/m1/s1. The number of piperazine rings is 1. The molecule has 0 unspecified atom stereocenters. The SMILES string of the molecule is CCOC(=O)N1CC(=O)N2C3=C4C(=CC=C[C@@H]4C[C@H]31)Cc1ccccc12. The number of nitrogens with zero attached hydrogens (tertiary/aromatic N) is 2. The molecule has 2 amide bonds. The summed E-state index contributed by atoms with van der Waals surface area (Å²) in [5.41, 5.74) is 5.54. The third-order valence-corrected chi connectivity index (χ3v) is 5.71. The van der Waals surface area contributed by atoms with Gasteiger partial charge < -0.3 is 4.74 Å². The molecular weight excluding hydrogens is 328 g/mol. The molecule has 0 N–H and O–H groups in total. The molecule has 2 aliphatic carbocycles. The molecule has 26 heavy (non-hydrogen) atoms. The van der Waals surface area contributed by atoms with Gasteiger partial charge in [-0.15, -0.1) is 0 Å². The van der Waals surface area contributed by atoms with Crippen LogP contribution in [0.25, 0.3) is 0 Å². The van der Waals surface area contributed by atoms with Crippen LogP contribution in [0.2, 0.25) is 0 Å². The number of ether oxygens (including phenoxy) is 1. The highest BCUT2D eigenvalue weighted by molar-refractivity contribution is 6.03. The maximum absolute atomic E-state index is 13.1. The van der Waals surface area contributed by atoms with Crippen molar-refractivity contribution in [3.05, 3.63) is 64.9 Å². The normalized spacial score (nSPS) is 25.6. The summed E-state index contributed by atoms with van der Waals surface area (Å²) in [6.45, 7) is 2.16. The van der Waals surface area contributed by atoms with Crippen molar-refractivity contribution in [1.29, 1.82) is 0 Å². The van der Waals surface area contributed by atoms with Gasteiger partial charge in [0, 0.05) is 5.92 Å². The van der Waals surface area contributed by atoms with Gasteiger partial charge in [0.05, 0.1) is 24.0 Å². The third-order valence-electron chi connectivity index (χ3n) is 5.71. The van der Waals surface area contributed by atoms with Crippen molar-refractivity contribution in [2.45, 2.75) is 25.8 Å². The molecule has 2 atom stereocenters. The Hall–Kier alpha value is -2.82. The number of rotatable bonds is 1. The fourth-order valence-electron chi connectivity index (χ4n) is 4.72. The van der Waals surface area contributed by atoms with Gasteiger partial charge in [-0.25, -0.2) is 4.79 Å². The first-order chi connectivity index (χ1) is 12.7. The molecule has 2 aliphatic heterocycles. The minimum atomic E-state index is -0.399. The van der Waals surface area contributed by atoms with Gasteiger partial charge in [-0.3, -0.25) is 14.6 Å². The fourth-order valence-corrected chi connectivity index (χ4v) is 4.72. The molecule has 0 saturated carbocycles. The van der Waals surface area contributed by atoms with Crippen molar-refractivity contribution < 1.29 is 14.3 Å². The highest BCUT2D eigenvalue weighted by atomic mass is 16.6. The van der Waals surface area contributed by atoms with E-state index in [0.29, 0.717) is 6.61 Å². The minimum absolute atomic E-state index is 0.0596. The highest BCUT2D eigenvalue weighted by Crippen LogP contribution is 2.49.